The highest BCUT2D eigenvalue weighted by molar-refractivity contribution is 5.18. The number of aliphatic hydroxyl groups excluding tert-OH is 1. The van der Waals surface area contributed by atoms with Crippen molar-refractivity contribution in [3.63, 3.8) is 0 Å². The van der Waals surface area contributed by atoms with E-state index in [9.17, 15) is 20.1 Å². The SMILES string of the molecule is CCOCCN(CC(O)Cn1c([N+](=O)[O-])cnc1C)N=O. The van der Waals surface area contributed by atoms with Gasteiger partial charge in [-0.3, -0.25) is 5.01 Å². The van der Waals surface area contributed by atoms with E-state index in [4.69, 9.17) is 4.74 Å². The van der Waals surface area contributed by atoms with Gasteiger partial charge in [0, 0.05) is 13.5 Å². The van der Waals surface area contributed by atoms with Crippen molar-refractivity contribution in [1.82, 2.24) is 14.6 Å². The third-order valence-corrected chi connectivity index (χ3v) is 2.85. The quantitative estimate of drug-likeness (QED) is 0.288. The van der Waals surface area contributed by atoms with E-state index < -0.39 is 11.0 Å². The molecule has 0 aliphatic carbocycles. The Kier molecular flexibility index (Phi) is 6.69. The molecule has 10 heteroatoms. The molecule has 0 aliphatic rings. The molecule has 10 nitrogen and oxygen atoms in total. The Bertz CT molecular complexity index is 478. The lowest BCUT2D eigenvalue weighted by Gasteiger charge is -2.18. The van der Waals surface area contributed by atoms with E-state index in [1.807, 2.05) is 6.92 Å². The Morgan fingerprint density at radius 1 is 1.67 bits per heavy atom. The summed E-state index contributed by atoms with van der Waals surface area (Å²) in [5.41, 5.74) is 0. The van der Waals surface area contributed by atoms with Crippen LogP contribution in [0, 0.1) is 21.9 Å². The predicted octanol–water partition coefficient (Wildman–Crippen LogP) is 0.481. The maximum atomic E-state index is 10.8. The minimum Gasteiger partial charge on any atom is -0.387 e. The molecule has 0 fully saturated rings. The number of hydrogen-bond acceptors (Lipinski definition) is 7. The molecule has 0 aliphatic heterocycles. The molecule has 0 bridgehead atoms. The van der Waals surface area contributed by atoms with E-state index in [-0.39, 0.29) is 25.5 Å². The fourth-order valence-corrected chi connectivity index (χ4v) is 1.82. The number of imidazole rings is 1. The van der Waals surface area contributed by atoms with E-state index >= 15 is 0 Å². The summed E-state index contributed by atoms with van der Waals surface area (Å²) in [7, 11) is 0. The molecule has 1 heterocycles. The molecule has 0 aromatic carbocycles. The van der Waals surface area contributed by atoms with E-state index in [2.05, 4.69) is 10.3 Å². The van der Waals surface area contributed by atoms with Gasteiger partial charge in [0.2, 0.25) is 0 Å². The van der Waals surface area contributed by atoms with Gasteiger partial charge in [-0.2, -0.15) is 0 Å². The van der Waals surface area contributed by atoms with Crippen LogP contribution in [0.1, 0.15) is 12.7 Å². The standard InChI is InChI=1S/C11H19N5O5/c1-3-21-5-4-14(13-18)7-10(17)8-15-9(2)12-6-11(15)16(19)20/h6,10,17H,3-5,7-8H2,1-2H3. The van der Waals surface area contributed by atoms with Gasteiger partial charge in [0.1, 0.15) is 18.8 Å². The first-order valence-corrected chi connectivity index (χ1v) is 6.50. The third-order valence-electron chi connectivity index (χ3n) is 2.85. The maximum absolute atomic E-state index is 10.8. The summed E-state index contributed by atoms with van der Waals surface area (Å²) in [6, 6.07) is 0. The average Bonchev–Trinajstić information content (AvgIpc) is 2.79. The number of aromatic nitrogens is 2. The lowest BCUT2D eigenvalue weighted by molar-refractivity contribution is -0.392. The van der Waals surface area contributed by atoms with Gasteiger partial charge in [0.15, 0.2) is 5.82 Å². The fraction of sp³-hybridized carbons (Fsp3) is 0.727. The second kappa shape index (κ2) is 8.27. The molecule has 0 saturated carbocycles. The second-order valence-electron chi connectivity index (χ2n) is 4.38. The molecular weight excluding hydrogens is 282 g/mol. The number of ether oxygens (including phenoxy) is 1. The average molecular weight is 301 g/mol. The van der Waals surface area contributed by atoms with Crippen LogP contribution >= 0.6 is 0 Å². The molecule has 1 aromatic heterocycles. The lowest BCUT2D eigenvalue weighted by atomic mass is 10.3. The number of rotatable bonds is 10. The van der Waals surface area contributed by atoms with Crippen LogP contribution < -0.4 is 0 Å². The topological polar surface area (TPSA) is 123 Å². The predicted molar refractivity (Wildman–Crippen MR) is 73.5 cm³/mol. The molecular formula is C11H19N5O5. The Morgan fingerprint density at radius 2 is 2.38 bits per heavy atom. The summed E-state index contributed by atoms with van der Waals surface area (Å²) < 4.78 is 6.38. The second-order valence-corrected chi connectivity index (χ2v) is 4.38. The number of nitroso groups, excluding NO2 is 1. The summed E-state index contributed by atoms with van der Waals surface area (Å²) in [5, 5.41) is 24.7. The fourth-order valence-electron chi connectivity index (χ4n) is 1.82. The first-order chi connectivity index (χ1) is 9.99. The first-order valence-electron chi connectivity index (χ1n) is 6.50. The van der Waals surface area contributed by atoms with Crippen LogP contribution in [0.25, 0.3) is 0 Å². The highest BCUT2D eigenvalue weighted by Gasteiger charge is 2.22. The number of aliphatic hydroxyl groups is 1. The summed E-state index contributed by atoms with van der Waals surface area (Å²) >= 11 is 0. The van der Waals surface area contributed by atoms with E-state index in [0.29, 0.717) is 19.0 Å². The van der Waals surface area contributed by atoms with Crippen LogP contribution in [0.2, 0.25) is 0 Å². The zero-order chi connectivity index (χ0) is 15.8. The highest BCUT2D eigenvalue weighted by atomic mass is 16.6. The molecule has 0 radical (unpaired) electrons. The van der Waals surface area contributed by atoms with Crippen LogP contribution in [0.4, 0.5) is 5.82 Å². The zero-order valence-corrected chi connectivity index (χ0v) is 12.0. The summed E-state index contributed by atoms with van der Waals surface area (Å²) in [5.74, 6) is 0.215. The zero-order valence-electron chi connectivity index (χ0n) is 12.0. The smallest absolute Gasteiger partial charge is 0.342 e. The normalized spacial score (nSPS) is 12.1. The molecule has 1 aromatic rings. The third kappa shape index (κ3) is 5.08. The monoisotopic (exact) mass is 301 g/mol. The van der Waals surface area contributed by atoms with Crippen molar-refractivity contribution in [2.24, 2.45) is 5.29 Å². The van der Waals surface area contributed by atoms with Crippen LogP contribution in [0.15, 0.2) is 11.5 Å². The lowest BCUT2D eigenvalue weighted by Crippen LogP contribution is -2.33. The molecule has 1 N–H and O–H groups in total. The van der Waals surface area contributed by atoms with Gasteiger partial charge in [0.25, 0.3) is 0 Å². The van der Waals surface area contributed by atoms with Crippen LogP contribution in [-0.2, 0) is 11.3 Å². The molecule has 1 unspecified atom stereocenters. The van der Waals surface area contributed by atoms with Crippen molar-refractivity contribution < 1.29 is 14.8 Å². The van der Waals surface area contributed by atoms with Crippen LogP contribution in [0.3, 0.4) is 0 Å². The van der Waals surface area contributed by atoms with Gasteiger partial charge in [-0.15, -0.1) is 4.91 Å². The van der Waals surface area contributed by atoms with Gasteiger partial charge < -0.3 is 20.0 Å². The van der Waals surface area contributed by atoms with Crippen LogP contribution in [-0.4, -0.2) is 57.0 Å². The van der Waals surface area contributed by atoms with Gasteiger partial charge in [0.05, 0.1) is 25.0 Å². The number of aryl methyl sites for hydroxylation is 1. The Balaban J connectivity index is 2.60. The van der Waals surface area contributed by atoms with Crippen LogP contribution in [0.5, 0.6) is 0 Å². The van der Waals surface area contributed by atoms with Gasteiger partial charge in [-0.25, -0.2) is 9.55 Å². The van der Waals surface area contributed by atoms with E-state index in [1.54, 1.807) is 6.92 Å². The molecule has 1 rings (SSSR count). The Labute approximate surface area is 121 Å². The van der Waals surface area contributed by atoms with Gasteiger partial charge in [-0.1, -0.05) is 0 Å². The number of hydrogen-bond donors (Lipinski definition) is 1. The molecule has 0 spiro atoms. The highest BCUT2D eigenvalue weighted by Crippen LogP contribution is 2.14. The molecule has 0 saturated heterocycles. The number of nitro groups is 1. The Hall–Kier alpha value is -2.07. The van der Waals surface area contributed by atoms with Crippen molar-refractivity contribution in [3.05, 3.63) is 27.0 Å². The minimum absolute atomic E-state index is 0.0364. The van der Waals surface area contributed by atoms with Crippen molar-refractivity contribution in [2.75, 3.05) is 26.3 Å². The summed E-state index contributed by atoms with van der Waals surface area (Å²) in [4.78, 5) is 24.8. The van der Waals surface area contributed by atoms with Crippen molar-refractivity contribution in [3.8, 4) is 0 Å². The van der Waals surface area contributed by atoms with Gasteiger partial charge >= 0.3 is 5.82 Å². The molecule has 21 heavy (non-hydrogen) atoms. The summed E-state index contributed by atoms with van der Waals surface area (Å²) in [6.07, 6.45) is 0.142. The van der Waals surface area contributed by atoms with Crippen molar-refractivity contribution in [1.29, 1.82) is 0 Å². The summed E-state index contributed by atoms with van der Waals surface area (Å²) in [6.45, 7) is 4.45. The maximum Gasteiger partial charge on any atom is 0.342 e. The molecule has 118 valence electrons. The Morgan fingerprint density at radius 3 is 2.95 bits per heavy atom. The minimum atomic E-state index is -0.990. The molecule has 1 atom stereocenters. The van der Waals surface area contributed by atoms with Crippen molar-refractivity contribution >= 4 is 5.82 Å². The van der Waals surface area contributed by atoms with E-state index in [0.717, 1.165) is 11.2 Å². The molecule has 0 amide bonds. The van der Waals surface area contributed by atoms with E-state index in [1.165, 1.54) is 4.57 Å². The largest absolute Gasteiger partial charge is 0.387 e. The first kappa shape index (κ1) is 17.0. The van der Waals surface area contributed by atoms with Gasteiger partial charge in [-0.05, 0) is 11.8 Å². The van der Waals surface area contributed by atoms with Crippen molar-refractivity contribution in [2.45, 2.75) is 26.5 Å². The number of nitrogens with zero attached hydrogens (tertiary/aromatic N) is 5.